The van der Waals surface area contributed by atoms with Gasteiger partial charge in [-0.25, -0.2) is 0 Å². The second-order valence-electron chi connectivity index (χ2n) is 7.77. The van der Waals surface area contributed by atoms with Crippen LogP contribution in [0.25, 0.3) is 0 Å². The minimum atomic E-state index is -0.619. The molecule has 0 radical (unpaired) electrons. The molecule has 0 saturated carbocycles. The van der Waals surface area contributed by atoms with Crippen LogP contribution in [-0.4, -0.2) is 15.8 Å². The molecule has 188 valence electrons. The molecule has 0 atom stereocenters. The third kappa shape index (κ3) is 6.66. The molecule has 3 aromatic carbocycles. The monoisotopic (exact) mass is 539 g/mol. The predicted octanol–water partition coefficient (Wildman–Crippen LogP) is 7.04. The average Bonchev–Trinajstić information content (AvgIpc) is 3.34. The van der Waals surface area contributed by atoms with Gasteiger partial charge in [-0.2, -0.15) is 0 Å². The van der Waals surface area contributed by atoms with Crippen LogP contribution in [0.1, 0.15) is 21.9 Å². The zero-order chi connectivity index (χ0) is 26.5. The van der Waals surface area contributed by atoms with Crippen molar-refractivity contribution in [2.24, 2.45) is 0 Å². The molecule has 12 heteroatoms. The number of halogens is 1. The summed E-state index contributed by atoms with van der Waals surface area (Å²) in [5.41, 5.74) is 0.963. The van der Waals surface area contributed by atoms with Crippen molar-refractivity contribution in [2.45, 2.75) is 23.3 Å². The van der Waals surface area contributed by atoms with Gasteiger partial charge in [0.2, 0.25) is 0 Å². The van der Waals surface area contributed by atoms with E-state index in [0.717, 1.165) is 10.5 Å². The molecular weight excluding hydrogens is 522 g/mol. The van der Waals surface area contributed by atoms with Gasteiger partial charge in [-0.3, -0.25) is 25.0 Å². The fourth-order valence-electron chi connectivity index (χ4n) is 3.20. The average molecular weight is 540 g/mol. The highest BCUT2D eigenvalue weighted by atomic mass is 35.5. The second kappa shape index (κ2) is 11.1. The van der Waals surface area contributed by atoms with E-state index in [0.29, 0.717) is 4.90 Å². The lowest BCUT2D eigenvalue weighted by molar-refractivity contribution is -0.385. The Bertz CT molecular complexity index is 1490. The second-order valence-corrected chi connectivity index (χ2v) is 9.32. The van der Waals surface area contributed by atoms with Crippen LogP contribution in [0.2, 0.25) is 5.02 Å². The predicted molar refractivity (Wildman–Crippen MR) is 137 cm³/mol. The lowest BCUT2D eigenvalue weighted by Gasteiger charge is -2.08. The maximum atomic E-state index is 12.7. The number of hydrogen-bond acceptors (Lipinski definition) is 8. The summed E-state index contributed by atoms with van der Waals surface area (Å²) >= 11 is 7.36. The summed E-state index contributed by atoms with van der Waals surface area (Å²) in [6.45, 7) is 1.83. The molecule has 0 fully saturated rings. The van der Waals surface area contributed by atoms with Crippen molar-refractivity contribution in [3.8, 4) is 5.75 Å². The van der Waals surface area contributed by atoms with Crippen molar-refractivity contribution in [3.05, 3.63) is 115 Å². The van der Waals surface area contributed by atoms with Gasteiger partial charge in [0.25, 0.3) is 17.3 Å². The molecule has 1 amide bonds. The summed E-state index contributed by atoms with van der Waals surface area (Å²) in [6.07, 6.45) is 0. The van der Waals surface area contributed by atoms with Gasteiger partial charge in [0, 0.05) is 33.7 Å². The Hall–Kier alpha value is -4.35. The first-order chi connectivity index (χ1) is 17.7. The Balaban J connectivity index is 1.46. The molecule has 0 unspecified atom stereocenters. The van der Waals surface area contributed by atoms with E-state index in [1.807, 2.05) is 31.2 Å². The van der Waals surface area contributed by atoms with E-state index in [1.165, 1.54) is 54.2 Å². The number of nitrogens with zero attached hydrogens (tertiary/aromatic N) is 2. The number of nitrogens with one attached hydrogen (secondary N) is 1. The number of aryl methyl sites for hydroxylation is 1. The zero-order valence-corrected chi connectivity index (χ0v) is 20.7. The SMILES string of the molecule is Cc1ccc(Sc2cc(NC(=O)c3ccc(COc4cc([N+](=O)[O-])ccc4Cl)o3)cc([N+](=O)[O-])c2)cc1. The van der Waals surface area contributed by atoms with Gasteiger partial charge in [0.05, 0.1) is 20.9 Å². The number of furan rings is 1. The largest absolute Gasteiger partial charge is 0.484 e. The highest BCUT2D eigenvalue weighted by Crippen LogP contribution is 2.33. The normalized spacial score (nSPS) is 10.6. The lowest BCUT2D eigenvalue weighted by atomic mass is 10.2. The summed E-state index contributed by atoms with van der Waals surface area (Å²) in [7, 11) is 0. The van der Waals surface area contributed by atoms with Crippen molar-refractivity contribution in [1.29, 1.82) is 0 Å². The molecule has 0 bridgehead atoms. The van der Waals surface area contributed by atoms with Gasteiger partial charge < -0.3 is 14.5 Å². The van der Waals surface area contributed by atoms with Crippen molar-refractivity contribution < 1.29 is 23.8 Å². The van der Waals surface area contributed by atoms with Crippen LogP contribution in [0, 0.1) is 27.2 Å². The van der Waals surface area contributed by atoms with Crippen LogP contribution in [0.15, 0.2) is 87.0 Å². The van der Waals surface area contributed by atoms with E-state index in [2.05, 4.69) is 5.32 Å². The Morgan fingerprint density at radius 2 is 1.68 bits per heavy atom. The standard InChI is InChI=1S/C25H18ClN3O7S/c1-15-2-6-20(7-3-15)37-21-11-16(10-18(12-21)29(33)34)27-25(30)23-9-5-19(36-23)14-35-24-13-17(28(31)32)4-8-22(24)26/h2-13H,14H2,1H3,(H,27,30). The maximum Gasteiger partial charge on any atom is 0.291 e. The molecule has 0 aliphatic rings. The number of non-ortho nitro benzene ring substituents is 2. The van der Waals surface area contributed by atoms with Gasteiger partial charge in [0.15, 0.2) is 5.76 Å². The fourth-order valence-corrected chi connectivity index (χ4v) is 4.28. The van der Waals surface area contributed by atoms with E-state index in [1.54, 1.807) is 6.07 Å². The molecular formula is C25H18ClN3O7S. The molecule has 1 N–H and O–H groups in total. The number of hydrogen-bond donors (Lipinski definition) is 1. The number of benzene rings is 3. The summed E-state index contributed by atoms with van der Waals surface area (Å²) in [4.78, 5) is 35.5. The third-order valence-corrected chi connectivity index (χ3v) is 6.29. The highest BCUT2D eigenvalue weighted by molar-refractivity contribution is 7.99. The summed E-state index contributed by atoms with van der Waals surface area (Å²) in [5.74, 6) is -0.315. The molecule has 1 heterocycles. The topological polar surface area (TPSA) is 138 Å². The van der Waals surface area contributed by atoms with E-state index in [9.17, 15) is 25.0 Å². The minimum absolute atomic E-state index is 0.0528. The van der Waals surface area contributed by atoms with E-state index in [-0.39, 0.29) is 46.0 Å². The number of rotatable bonds is 9. The minimum Gasteiger partial charge on any atom is -0.484 e. The number of carbonyl (C=O) groups excluding carboxylic acids is 1. The smallest absolute Gasteiger partial charge is 0.291 e. The molecule has 4 rings (SSSR count). The number of ether oxygens (including phenoxy) is 1. The fraction of sp³-hybridized carbons (Fsp3) is 0.0800. The van der Waals surface area contributed by atoms with Gasteiger partial charge in [0.1, 0.15) is 18.1 Å². The molecule has 4 aromatic rings. The number of nitro groups is 2. The van der Waals surface area contributed by atoms with E-state index >= 15 is 0 Å². The van der Waals surface area contributed by atoms with Gasteiger partial charge in [-0.05, 0) is 43.3 Å². The maximum absolute atomic E-state index is 12.7. The number of amides is 1. The first kappa shape index (κ1) is 25.7. The van der Waals surface area contributed by atoms with Crippen LogP contribution < -0.4 is 10.1 Å². The quantitative estimate of drug-likeness (QED) is 0.176. The van der Waals surface area contributed by atoms with Crippen molar-refractivity contribution in [3.63, 3.8) is 0 Å². The third-order valence-electron chi connectivity index (χ3n) is 5.00. The number of carbonyl (C=O) groups is 1. The van der Waals surface area contributed by atoms with Crippen molar-refractivity contribution in [1.82, 2.24) is 0 Å². The van der Waals surface area contributed by atoms with Crippen molar-refractivity contribution >= 4 is 46.3 Å². The molecule has 10 nitrogen and oxygen atoms in total. The van der Waals surface area contributed by atoms with Crippen LogP contribution in [-0.2, 0) is 6.61 Å². The molecule has 0 aliphatic carbocycles. The van der Waals surface area contributed by atoms with Crippen molar-refractivity contribution in [2.75, 3.05) is 5.32 Å². The van der Waals surface area contributed by atoms with Crippen LogP contribution >= 0.6 is 23.4 Å². The first-order valence-electron chi connectivity index (χ1n) is 10.7. The van der Waals surface area contributed by atoms with Gasteiger partial charge in [-0.1, -0.05) is 41.1 Å². The highest BCUT2D eigenvalue weighted by Gasteiger charge is 2.17. The number of anilines is 1. The Labute approximate surface area is 219 Å². The summed E-state index contributed by atoms with van der Waals surface area (Å²) in [5, 5.41) is 25.2. The number of nitro benzene ring substituents is 2. The summed E-state index contributed by atoms with van der Waals surface area (Å²) in [6, 6.07) is 18.7. The van der Waals surface area contributed by atoms with E-state index in [4.69, 9.17) is 20.8 Å². The molecule has 0 saturated heterocycles. The first-order valence-corrected chi connectivity index (χ1v) is 11.9. The molecule has 1 aromatic heterocycles. The summed E-state index contributed by atoms with van der Waals surface area (Å²) < 4.78 is 11.0. The van der Waals surface area contributed by atoms with Crippen LogP contribution in [0.3, 0.4) is 0 Å². The van der Waals surface area contributed by atoms with Gasteiger partial charge >= 0.3 is 0 Å². The van der Waals surface area contributed by atoms with E-state index < -0.39 is 15.8 Å². The Morgan fingerprint density at radius 3 is 2.38 bits per heavy atom. The van der Waals surface area contributed by atoms with Crippen LogP contribution in [0.4, 0.5) is 17.1 Å². The molecule has 37 heavy (non-hydrogen) atoms. The Kier molecular flexibility index (Phi) is 7.75. The van der Waals surface area contributed by atoms with Gasteiger partial charge in [-0.15, -0.1) is 0 Å². The lowest BCUT2D eigenvalue weighted by Crippen LogP contribution is -2.11. The molecule has 0 spiro atoms. The Morgan fingerprint density at radius 1 is 0.946 bits per heavy atom. The van der Waals surface area contributed by atoms with Crippen LogP contribution in [0.5, 0.6) is 5.75 Å². The zero-order valence-electron chi connectivity index (χ0n) is 19.2. The molecule has 0 aliphatic heterocycles.